The summed E-state index contributed by atoms with van der Waals surface area (Å²) < 4.78 is 5.39. The molecule has 0 radical (unpaired) electrons. The molecule has 21 heavy (non-hydrogen) atoms. The quantitative estimate of drug-likeness (QED) is 0.562. The first-order valence-electron chi connectivity index (χ1n) is 6.72. The number of carboxylic acids is 1. The third-order valence-electron chi connectivity index (χ3n) is 3.18. The second-order valence-corrected chi connectivity index (χ2v) is 4.87. The lowest BCUT2D eigenvalue weighted by molar-refractivity contribution is -0.386. The first-order chi connectivity index (χ1) is 9.84. The normalized spacial score (nSPS) is 13.5. The van der Waals surface area contributed by atoms with Gasteiger partial charge in [-0.25, -0.2) is 0 Å². The van der Waals surface area contributed by atoms with Crippen molar-refractivity contribution in [3.05, 3.63) is 33.9 Å². The Kier molecular flexibility index (Phi) is 5.66. The molecule has 7 nitrogen and oxygen atoms in total. The number of carboxylic acid groups (broad SMARTS) is 1. The van der Waals surface area contributed by atoms with E-state index in [1.807, 2.05) is 6.92 Å². The van der Waals surface area contributed by atoms with Crippen LogP contribution in [0, 0.1) is 10.1 Å². The monoisotopic (exact) mass is 296 g/mol. The minimum atomic E-state index is -1.30. The van der Waals surface area contributed by atoms with Gasteiger partial charge in [-0.1, -0.05) is 19.9 Å². The Labute approximate surface area is 123 Å². The fraction of sp³-hybridized carbons (Fsp3) is 0.500. The van der Waals surface area contributed by atoms with Gasteiger partial charge in [-0.05, 0) is 31.5 Å². The first-order valence-corrected chi connectivity index (χ1v) is 6.72. The topological polar surface area (TPSA) is 102 Å². The van der Waals surface area contributed by atoms with E-state index in [2.05, 4.69) is 5.32 Å². The number of nitro benzene ring substituents is 1. The van der Waals surface area contributed by atoms with Crippen molar-refractivity contribution in [1.82, 2.24) is 5.32 Å². The number of hydrogen-bond acceptors (Lipinski definition) is 5. The van der Waals surface area contributed by atoms with E-state index in [1.165, 1.54) is 19.1 Å². The summed E-state index contributed by atoms with van der Waals surface area (Å²) in [5.74, 6) is -1.00. The summed E-state index contributed by atoms with van der Waals surface area (Å²) in [6.45, 7) is 5.39. The predicted molar refractivity (Wildman–Crippen MR) is 77.7 cm³/mol. The number of aliphatic carboxylic acids is 1. The highest BCUT2D eigenvalue weighted by molar-refractivity contribution is 5.78. The molecule has 0 spiro atoms. The fourth-order valence-electron chi connectivity index (χ4n) is 1.85. The molecule has 0 amide bonds. The van der Waals surface area contributed by atoms with Crippen molar-refractivity contribution < 1.29 is 19.6 Å². The molecule has 116 valence electrons. The molecule has 0 saturated carbocycles. The minimum Gasteiger partial charge on any atom is -0.484 e. The van der Waals surface area contributed by atoms with Gasteiger partial charge in [-0.3, -0.25) is 20.2 Å². The Bertz CT molecular complexity index is 532. The zero-order chi connectivity index (χ0) is 16.0. The van der Waals surface area contributed by atoms with Crippen molar-refractivity contribution in [1.29, 1.82) is 0 Å². The summed E-state index contributed by atoms with van der Waals surface area (Å²) in [7, 11) is 0. The number of hydrogen-bond donors (Lipinski definition) is 2. The van der Waals surface area contributed by atoms with Crippen LogP contribution in [0.5, 0.6) is 5.75 Å². The van der Waals surface area contributed by atoms with Crippen LogP contribution in [0.2, 0.25) is 0 Å². The number of nitrogens with zero attached hydrogens (tertiary/aromatic N) is 1. The minimum absolute atomic E-state index is 0.0718. The van der Waals surface area contributed by atoms with Crippen molar-refractivity contribution in [2.75, 3.05) is 13.2 Å². The molecule has 1 rings (SSSR count). The molecule has 1 aromatic rings. The maximum absolute atomic E-state index is 11.3. The lowest BCUT2D eigenvalue weighted by Crippen LogP contribution is -2.53. The zero-order valence-corrected chi connectivity index (χ0v) is 12.4. The molecule has 0 heterocycles. The van der Waals surface area contributed by atoms with E-state index in [-0.39, 0.29) is 18.0 Å². The average Bonchev–Trinajstić information content (AvgIpc) is 2.45. The standard InChI is InChI=1S/C14H20N2O5/c1-4-10-6-7-12(11(8-10)16(19)20)21-9-14(3,13(17)18)15-5-2/h6-8,15H,4-5,9H2,1-3H3,(H,17,18). The smallest absolute Gasteiger partial charge is 0.327 e. The van der Waals surface area contributed by atoms with E-state index in [0.717, 1.165) is 5.56 Å². The fourth-order valence-corrected chi connectivity index (χ4v) is 1.85. The second-order valence-electron chi connectivity index (χ2n) is 4.87. The van der Waals surface area contributed by atoms with Gasteiger partial charge in [0.25, 0.3) is 0 Å². The summed E-state index contributed by atoms with van der Waals surface area (Å²) in [6, 6.07) is 4.68. The summed E-state index contributed by atoms with van der Waals surface area (Å²) in [5, 5.41) is 23.1. The molecule has 0 saturated heterocycles. The van der Waals surface area contributed by atoms with Crippen LogP contribution in [0.3, 0.4) is 0 Å². The van der Waals surface area contributed by atoms with Crippen molar-refractivity contribution in [2.24, 2.45) is 0 Å². The van der Waals surface area contributed by atoms with Crippen LogP contribution < -0.4 is 10.1 Å². The number of benzene rings is 1. The van der Waals surface area contributed by atoms with E-state index >= 15 is 0 Å². The zero-order valence-electron chi connectivity index (χ0n) is 12.4. The molecule has 2 N–H and O–H groups in total. The molecule has 1 aromatic carbocycles. The Balaban J connectivity index is 2.97. The van der Waals surface area contributed by atoms with Crippen LogP contribution in [-0.2, 0) is 11.2 Å². The van der Waals surface area contributed by atoms with Crippen LogP contribution in [0.25, 0.3) is 0 Å². The summed E-state index contributed by atoms with van der Waals surface area (Å²) in [5.41, 5.74) is -0.633. The summed E-state index contributed by atoms with van der Waals surface area (Å²) in [4.78, 5) is 21.8. The number of carbonyl (C=O) groups is 1. The average molecular weight is 296 g/mol. The van der Waals surface area contributed by atoms with Gasteiger partial charge < -0.3 is 9.84 Å². The van der Waals surface area contributed by atoms with Crippen LogP contribution >= 0.6 is 0 Å². The number of likely N-dealkylation sites (N-methyl/N-ethyl adjacent to an activating group) is 1. The number of nitrogens with one attached hydrogen (secondary N) is 1. The van der Waals surface area contributed by atoms with Crippen LogP contribution in [-0.4, -0.2) is 34.7 Å². The van der Waals surface area contributed by atoms with Crippen molar-refractivity contribution >= 4 is 11.7 Å². The maximum atomic E-state index is 11.3. The molecule has 0 aromatic heterocycles. The third-order valence-corrected chi connectivity index (χ3v) is 3.18. The lowest BCUT2D eigenvalue weighted by atomic mass is 10.0. The van der Waals surface area contributed by atoms with Crippen molar-refractivity contribution in [3.63, 3.8) is 0 Å². The molecule has 0 fully saturated rings. The third kappa shape index (κ3) is 4.16. The number of ether oxygens (including phenoxy) is 1. The van der Waals surface area contributed by atoms with E-state index in [0.29, 0.717) is 13.0 Å². The molecular weight excluding hydrogens is 276 g/mol. The van der Waals surface area contributed by atoms with Crippen molar-refractivity contribution in [2.45, 2.75) is 32.7 Å². The Morgan fingerprint density at radius 2 is 2.14 bits per heavy atom. The highest BCUT2D eigenvalue weighted by Gasteiger charge is 2.34. The van der Waals surface area contributed by atoms with Gasteiger partial charge >= 0.3 is 11.7 Å². The predicted octanol–water partition coefficient (Wildman–Crippen LogP) is 1.99. The van der Waals surface area contributed by atoms with E-state index < -0.39 is 16.4 Å². The van der Waals surface area contributed by atoms with Gasteiger partial charge in [-0.15, -0.1) is 0 Å². The summed E-state index contributed by atoms with van der Waals surface area (Å²) in [6.07, 6.45) is 0.672. The van der Waals surface area contributed by atoms with Gasteiger partial charge in [0.05, 0.1) is 4.92 Å². The first kappa shape index (κ1) is 16.9. The lowest BCUT2D eigenvalue weighted by Gasteiger charge is -2.25. The molecule has 7 heteroatoms. The van der Waals surface area contributed by atoms with Gasteiger partial charge in [0.15, 0.2) is 5.75 Å². The van der Waals surface area contributed by atoms with E-state index in [1.54, 1.807) is 13.0 Å². The molecule has 0 aliphatic carbocycles. The largest absolute Gasteiger partial charge is 0.484 e. The highest BCUT2D eigenvalue weighted by Crippen LogP contribution is 2.28. The Morgan fingerprint density at radius 1 is 1.48 bits per heavy atom. The SMILES string of the molecule is CCNC(C)(COc1ccc(CC)cc1[N+](=O)[O-])C(=O)O. The second kappa shape index (κ2) is 7.03. The molecule has 1 unspecified atom stereocenters. The van der Waals surface area contributed by atoms with Gasteiger partial charge in [0, 0.05) is 6.07 Å². The van der Waals surface area contributed by atoms with E-state index in [4.69, 9.17) is 4.74 Å². The molecular formula is C14H20N2O5. The van der Waals surface area contributed by atoms with Crippen LogP contribution in [0.1, 0.15) is 26.3 Å². The van der Waals surface area contributed by atoms with Crippen LogP contribution in [0.15, 0.2) is 18.2 Å². The van der Waals surface area contributed by atoms with Gasteiger partial charge in [0.2, 0.25) is 0 Å². The number of rotatable bonds is 8. The molecule has 0 bridgehead atoms. The number of nitro groups is 1. The maximum Gasteiger partial charge on any atom is 0.327 e. The summed E-state index contributed by atoms with van der Waals surface area (Å²) >= 11 is 0. The Hall–Kier alpha value is -2.15. The van der Waals surface area contributed by atoms with Crippen molar-refractivity contribution in [3.8, 4) is 5.75 Å². The van der Waals surface area contributed by atoms with Gasteiger partial charge in [0.1, 0.15) is 12.1 Å². The van der Waals surface area contributed by atoms with Crippen LogP contribution in [0.4, 0.5) is 5.69 Å². The molecule has 1 atom stereocenters. The Morgan fingerprint density at radius 3 is 2.62 bits per heavy atom. The number of aryl methyl sites for hydroxylation is 1. The van der Waals surface area contributed by atoms with E-state index in [9.17, 15) is 20.0 Å². The molecule has 0 aliphatic heterocycles. The van der Waals surface area contributed by atoms with Gasteiger partial charge in [-0.2, -0.15) is 0 Å². The highest BCUT2D eigenvalue weighted by atomic mass is 16.6. The molecule has 0 aliphatic rings.